The van der Waals surface area contributed by atoms with Crippen molar-refractivity contribution in [3.05, 3.63) is 0 Å². The minimum absolute atomic E-state index is 0.0333. The van der Waals surface area contributed by atoms with Gasteiger partial charge in [-0.05, 0) is 64.7 Å². The molecule has 0 radical (unpaired) electrons. The Hall–Kier alpha value is -0.610. The molecule has 0 aliphatic carbocycles. The molecule has 1 heterocycles. The first-order chi connectivity index (χ1) is 8.26. The monoisotopic (exact) mass is 242 g/mol. The molecule has 0 aromatic rings. The van der Waals surface area contributed by atoms with Crippen LogP contribution in [0.25, 0.3) is 0 Å². The topological polar surface area (TPSA) is 55.6 Å². The van der Waals surface area contributed by atoms with Gasteiger partial charge >= 0.3 is 5.97 Å². The molecule has 4 nitrogen and oxygen atoms in total. The third-order valence-electron chi connectivity index (χ3n) is 3.40. The zero-order valence-electron chi connectivity index (χ0n) is 11.0. The zero-order valence-corrected chi connectivity index (χ0v) is 11.0. The van der Waals surface area contributed by atoms with Crippen molar-refractivity contribution in [3.63, 3.8) is 0 Å². The lowest BCUT2D eigenvalue weighted by molar-refractivity contribution is -0.144. The molecule has 0 bridgehead atoms. The first-order valence-electron chi connectivity index (χ1n) is 6.84. The van der Waals surface area contributed by atoms with E-state index in [1.807, 2.05) is 6.92 Å². The Labute approximate surface area is 104 Å². The smallest absolute Gasteiger partial charge is 0.306 e. The highest BCUT2D eigenvalue weighted by molar-refractivity contribution is 5.69. The summed E-state index contributed by atoms with van der Waals surface area (Å²) in [4.78, 5) is 13.8. The number of piperidine rings is 1. The number of nitrogens with zero attached hydrogens (tertiary/aromatic N) is 1. The zero-order chi connectivity index (χ0) is 12.5. The maximum Gasteiger partial charge on any atom is 0.306 e. The molecule has 0 spiro atoms. The third-order valence-corrected chi connectivity index (χ3v) is 3.40. The Morgan fingerprint density at radius 2 is 2.06 bits per heavy atom. The molecule has 0 aromatic heterocycles. The number of rotatable bonds is 7. The summed E-state index contributed by atoms with van der Waals surface area (Å²) < 4.78 is 4.98. The molecule has 1 fully saturated rings. The predicted octanol–water partition coefficient (Wildman–Crippen LogP) is 1.39. The normalized spacial score (nSPS) is 18.2. The molecule has 2 N–H and O–H groups in total. The molecule has 100 valence electrons. The van der Waals surface area contributed by atoms with Gasteiger partial charge in [0.1, 0.15) is 0 Å². The van der Waals surface area contributed by atoms with E-state index in [2.05, 4.69) is 4.90 Å². The van der Waals surface area contributed by atoms with Crippen molar-refractivity contribution in [2.24, 2.45) is 11.7 Å². The minimum Gasteiger partial charge on any atom is -0.466 e. The van der Waals surface area contributed by atoms with Gasteiger partial charge in [-0.1, -0.05) is 0 Å². The van der Waals surface area contributed by atoms with Gasteiger partial charge in [0.2, 0.25) is 0 Å². The minimum atomic E-state index is -0.0333. The molecule has 0 aromatic carbocycles. The number of carbonyl (C=O) groups is 1. The highest BCUT2D eigenvalue weighted by atomic mass is 16.5. The standard InChI is InChI=1S/C13H26N2O2/c1-2-17-13(16)11-12-5-9-15(10-6-12)8-4-3-7-14/h12H,2-11,14H2,1H3. The van der Waals surface area contributed by atoms with E-state index in [-0.39, 0.29) is 5.97 Å². The van der Waals surface area contributed by atoms with Crippen LogP contribution in [0.15, 0.2) is 0 Å². The second-order valence-corrected chi connectivity index (χ2v) is 4.79. The van der Waals surface area contributed by atoms with E-state index in [9.17, 15) is 4.79 Å². The lowest BCUT2D eigenvalue weighted by Crippen LogP contribution is -2.35. The van der Waals surface area contributed by atoms with Crippen molar-refractivity contribution < 1.29 is 9.53 Å². The summed E-state index contributed by atoms with van der Waals surface area (Å²) in [5.74, 6) is 0.494. The Balaban J connectivity index is 2.10. The maximum absolute atomic E-state index is 11.4. The van der Waals surface area contributed by atoms with Crippen molar-refractivity contribution in [2.75, 3.05) is 32.8 Å². The summed E-state index contributed by atoms with van der Waals surface area (Å²) in [6, 6.07) is 0. The molecule has 1 rings (SSSR count). The second kappa shape index (κ2) is 8.48. The molecule has 17 heavy (non-hydrogen) atoms. The molecule has 0 unspecified atom stereocenters. The van der Waals surface area contributed by atoms with E-state index in [4.69, 9.17) is 10.5 Å². The number of nitrogens with two attached hydrogens (primary N) is 1. The Bertz CT molecular complexity index is 213. The van der Waals surface area contributed by atoms with Crippen molar-refractivity contribution in [1.82, 2.24) is 4.90 Å². The van der Waals surface area contributed by atoms with Gasteiger partial charge in [0.25, 0.3) is 0 Å². The van der Waals surface area contributed by atoms with Gasteiger partial charge in [-0.3, -0.25) is 4.79 Å². The summed E-state index contributed by atoms with van der Waals surface area (Å²) in [5.41, 5.74) is 5.48. The first kappa shape index (κ1) is 14.5. The number of likely N-dealkylation sites (tertiary alicyclic amines) is 1. The molecule has 1 aliphatic heterocycles. The van der Waals surface area contributed by atoms with E-state index in [0.717, 1.165) is 45.4 Å². The van der Waals surface area contributed by atoms with E-state index >= 15 is 0 Å². The van der Waals surface area contributed by atoms with Gasteiger partial charge in [0.15, 0.2) is 0 Å². The summed E-state index contributed by atoms with van der Waals surface area (Å²) in [6.45, 7) is 6.54. The molecule has 1 saturated heterocycles. The van der Waals surface area contributed by atoms with Crippen molar-refractivity contribution >= 4 is 5.97 Å². The molecular formula is C13H26N2O2. The predicted molar refractivity (Wildman–Crippen MR) is 68.7 cm³/mol. The Kier molecular flexibility index (Phi) is 7.21. The van der Waals surface area contributed by atoms with E-state index in [1.54, 1.807) is 0 Å². The fourth-order valence-corrected chi connectivity index (χ4v) is 2.35. The highest BCUT2D eigenvalue weighted by Gasteiger charge is 2.21. The molecule has 1 aliphatic rings. The van der Waals surface area contributed by atoms with Gasteiger partial charge in [0.05, 0.1) is 6.61 Å². The van der Waals surface area contributed by atoms with Crippen LogP contribution < -0.4 is 5.73 Å². The first-order valence-corrected chi connectivity index (χ1v) is 6.84. The van der Waals surface area contributed by atoms with Crippen LogP contribution in [-0.2, 0) is 9.53 Å². The number of ether oxygens (including phenoxy) is 1. The van der Waals surface area contributed by atoms with Crippen LogP contribution in [0.3, 0.4) is 0 Å². The van der Waals surface area contributed by atoms with Gasteiger partial charge in [0, 0.05) is 6.42 Å². The molecule has 0 atom stereocenters. The second-order valence-electron chi connectivity index (χ2n) is 4.79. The van der Waals surface area contributed by atoms with Crippen LogP contribution in [0, 0.1) is 5.92 Å². The molecule has 0 saturated carbocycles. The molecule has 4 heteroatoms. The van der Waals surface area contributed by atoms with Crippen LogP contribution in [0.5, 0.6) is 0 Å². The Morgan fingerprint density at radius 3 is 2.65 bits per heavy atom. The molecular weight excluding hydrogens is 216 g/mol. The largest absolute Gasteiger partial charge is 0.466 e. The van der Waals surface area contributed by atoms with Crippen molar-refractivity contribution in [2.45, 2.75) is 39.0 Å². The Morgan fingerprint density at radius 1 is 1.35 bits per heavy atom. The van der Waals surface area contributed by atoms with Crippen LogP contribution in [-0.4, -0.2) is 43.7 Å². The van der Waals surface area contributed by atoms with Gasteiger partial charge in [-0.25, -0.2) is 0 Å². The van der Waals surface area contributed by atoms with E-state index < -0.39 is 0 Å². The van der Waals surface area contributed by atoms with Crippen molar-refractivity contribution in [3.8, 4) is 0 Å². The number of esters is 1. The van der Waals surface area contributed by atoms with Gasteiger partial charge < -0.3 is 15.4 Å². The lowest BCUT2D eigenvalue weighted by Gasteiger charge is -2.31. The van der Waals surface area contributed by atoms with Crippen LogP contribution in [0.1, 0.15) is 39.0 Å². The van der Waals surface area contributed by atoms with Crippen molar-refractivity contribution in [1.29, 1.82) is 0 Å². The number of hydrogen-bond acceptors (Lipinski definition) is 4. The average molecular weight is 242 g/mol. The third kappa shape index (κ3) is 6.03. The fraction of sp³-hybridized carbons (Fsp3) is 0.923. The van der Waals surface area contributed by atoms with Gasteiger partial charge in [-0.15, -0.1) is 0 Å². The summed E-state index contributed by atoms with van der Waals surface area (Å²) >= 11 is 0. The summed E-state index contributed by atoms with van der Waals surface area (Å²) in [6.07, 6.45) is 5.16. The van der Waals surface area contributed by atoms with Crippen LogP contribution >= 0.6 is 0 Å². The number of hydrogen-bond donors (Lipinski definition) is 1. The number of unbranched alkanes of at least 4 members (excludes halogenated alkanes) is 1. The summed E-state index contributed by atoms with van der Waals surface area (Å²) in [5, 5.41) is 0. The molecule has 0 amide bonds. The maximum atomic E-state index is 11.4. The SMILES string of the molecule is CCOC(=O)CC1CCN(CCCCN)CC1. The average Bonchev–Trinajstić information content (AvgIpc) is 2.32. The lowest BCUT2D eigenvalue weighted by atomic mass is 9.93. The van der Waals surface area contributed by atoms with E-state index in [1.165, 1.54) is 6.42 Å². The number of carbonyl (C=O) groups excluding carboxylic acids is 1. The summed E-state index contributed by atoms with van der Waals surface area (Å²) in [7, 11) is 0. The van der Waals surface area contributed by atoms with Crippen LogP contribution in [0.2, 0.25) is 0 Å². The fourth-order valence-electron chi connectivity index (χ4n) is 2.35. The van der Waals surface area contributed by atoms with E-state index in [0.29, 0.717) is 18.9 Å². The quantitative estimate of drug-likeness (QED) is 0.541. The van der Waals surface area contributed by atoms with Gasteiger partial charge in [-0.2, -0.15) is 0 Å². The highest BCUT2D eigenvalue weighted by Crippen LogP contribution is 2.21. The van der Waals surface area contributed by atoms with Crippen LogP contribution in [0.4, 0.5) is 0 Å².